The van der Waals surface area contributed by atoms with Crippen LogP contribution in [0.4, 0.5) is 0 Å². The van der Waals surface area contributed by atoms with Gasteiger partial charge in [0.25, 0.3) is 0 Å². The van der Waals surface area contributed by atoms with E-state index in [2.05, 4.69) is 17.6 Å². The molecule has 0 saturated heterocycles. The number of rotatable bonds is 8. The number of aliphatic hydroxyl groups is 1. The van der Waals surface area contributed by atoms with Crippen molar-refractivity contribution in [3.8, 4) is 0 Å². The molecule has 0 spiro atoms. The zero-order chi connectivity index (χ0) is 15.7. The quantitative estimate of drug-likeness (QED) is 0.597. The van der Waals surface area contributed by atoms with Gasteiger partial charge in [-0.05, 0) is 31.6 Å². The summed E-state index contributed by atoms with van der Waals surface area (Å²) in [6.45, 7) is 4.39. The predicted molar refractivity (Wildman–Crippen MR) is 82.7 cm³/mol. The van der Waals surface area contributed by atoms with Crippen LogP contribution in [0, 0.1) is 5.92 Å². The van der Waals surface area contributed by atoms with Gasteiger partial charge >= 0.3 is 0 Å². The third-order valence-electron chi connectivity index (χ3n) is 4.25. The highest BCUT2D eigenvalue weighted by molar-refractivity contribution is 5.76. The predicted octanol–water partition coefficient (Wildman–Crippen LogP) is 1.74. The summed E-state index contributed by atoms with van der Waals surface area (Å²) in [5.41, 5.74) is -0.398. The number of nitrogens with one attached hydrogen (secondary N) is 2. The number of hydrogen-bond donors (Lipinski definition) is 3. The molecule has 122 valence electrons. The molecule has 2 unspecified atom stereocenters. The molecule has 0 heterocycles. The van der Waals surface area contributed by atoms with Crippen LogP contribution >= 0.6 is 0 Å². The van der Waals surface area contributed by atoms with Gasteiger partial charge in [-0.3, -0.25) is 9.59 Å². The molecule has 1 saturated carbocycles. The standard InChI is InChI=1S/C16H30N2O3/c1-13-7-6-9-16(11-13,12-19)18-15(21)8-4-3-5-10-17-14(2)20/h13,19H,3-12H2,1-2H3,(H,17,20)(H,18,21). The zero-order valence-electron chi connectivity index (χ0n) is 13.4. The number of carbonyl (C=O) groups excluding carboxylic acids is 2. The summed E-state index contributed by atoms with van der Waals surface area (Å²) in [4.78, 5) is 22.7. The molecule has 1 aliphatic rings. The van der Waals surface area contributed by atoms with Crippen LogP contribution < -0.4 is 10.6 Å². The highest BCUT2D eigenvalue weighted by Crippen LogP contribution is 2.32. The second-order valence-electron chi connectivity index (χ2n) is 6.48. The fraction of sp³-hybridized carbons (Fsp3) is 0.875. The van der Waals surface area contributed by atoms with Crippen molar-refractivity contribution < 1.29 is 14.7 Å². The van der Waals surface area contributed by atoms with Crippen molar-refractivity contribution in [3.05, 3.63) is 0 Å². The van der Waals surface area contributed by atoms with E-state index in [1.165, 1.54) is 13.3 Å². The molecule has 1 rings (SSSR count). The van der Waals surface area contributed by atoms with Gasteiger partial charge in [0, 0.05) is 19.9 Å². The van der Waals surface area contributed by atoms with Gasteiger partial charge in [0.05, 0.1) is 12.1 Å². The Kier molecular flexibility index (Phi) is 7.72. The Morgan fingerprint density at radius 2 is 2.05 bits per heavy atom. The minimum absolute atomic E-state index is 0.0101. The molecule has 1 fully saturated rings. The largest absolute Gasteiger partial charge is 0.394 e. The minimum atomic E-state index is -0.398. The van der Waals surface area contributed by atoms with E-state index in [-0.39, 0.29) is 18.4 Å². The van der Waals surface area contributed by atoms with Crippen LogP contribution in [0.2, 0.25) is 0 Å². The Hall–Kier alpha value is -1.10. The van der Waals surface area contributed by atoms with Gasteiger partial charge in [-0.2, -0.15) is 0 Å². The van der Waals surface area contributed by atoms with Gasteiger partial charge in [0.15, 0.2) is 0 Å². The maximum Gasteiger partial charge on any atom is 0.220 e. The van der Waals surface area contributed by atoms with Gasteiger partial charge in [-0.25, -0.2) is 0 Å². The van der Waals surface area contributed by atoms with E-state index in [1.807, 2.05) is 0 Å². The van der Waals surface area contributed by atoms with E-state index in [0.717, 1.165) is 38.5 Å². The van der Waals surface area contributed by atoms with E-state index in [4.69, 9.17) is 0 Å². The number of amides is 2. The summed E-state index contributed by atoms with van der Waals surface area (Å²) in [5, 5.41) is 15.5. The minimum Gasteiger partial charge on any atom is -0.394 e. The van der Waals surface area contributed by atoms with Crippen molar-refractivity contribution in [3.63, 3.8) is 0 Å². The first-order valence-electron chi connectivity index (χ1n) is 8.14. The Balaban J connectivity index is 2.21. The van der Waals surface area contributed by atoms with Crippen molar-refractivity contribution in [2.75, 3.05) is 13.2 Å². The lowest BCUT2D eigenvalue weighted by Crippen LogP contribution is -2.53. The first-order valence-corrected chi connectivity index (χ1v) is 8.14. The van der Waals surface area contributed by atoms with E-state index < -0.39 is 5.54 Å². The van der Waals surface area contributed by atoms with E-state index >= 15 is 0 Å². The number of aliphatic hydroxyl groups excluding tert-OH is 1. The Morgan fingerprint density at radius 3 is 2.67 bits per heavy atom. The normalized spacial score (nSPS) is 25.4. The molecule has 21 heavy (non-hydrogen) atoms. The highest BCUT2D eigenvalue weighted by Gasteiger charge is 2.35. The van der Waals surface area contributed by atoms with Crippen LogP contribution in [0.5, 0.6) is 0 Å². The topological polar surface area (TPSA) is 78.4 Å². The van der Waals surface area contributed by atoms with E-state index in [0.29, 0.717) is 18.9 Å². The fourth-order valence-electron chi connectivity index (χ4n) is 3.17. The lowest BCUT2D eigenvalue weighted by molar-refractivity contribution is -0.124. The highest BCUT2D eigenvalue weighted by atomic mass is 16.3. The van der Waals surface area contributed by atoms with Crippen molar-refractivity contribution in [1.82, 2.24) is 10.6 Å². The van der Waals surface area contributed by atoms with Gasteiger partial charge in [0.1, 0.15) is 0 Å². The SMILES string of the molecule is CC(=O)NCCCCCC(=O)NC1(CO)CCCC(C)C1. The Morgan fingerprint density at radius 1 is 1.29 bits per heavy atom. The first-order chi connectivity index (χ1) is 9.97. The molecule has 5 nitrogen and oxygen atoms in total. The maximum atomic E-state index is 12.0. The molecule has 3 N–H and O–H groups in total. The van der Waals surface area contributed by atoms with Gasteiger partial charge in [-0.1, -0.05) is 26.2 Å². The molecule has 2 atom stereocenters. The van der Waals surface area contributed by atoms with Crippen molar-refractivity contribution in [1.29, 1.82) is 0 Å². The molecule has 0 radical (unpaired) electrons. The molecule has 2 amide bonds. The molecule has 0 aromatic heterocycles. The number of unbranched alkanes of at least 4 members (excludes halogenated alkanes) is 2. The summed E-state index contributed by atoms with van der Waals surface area (Å²) in [6.07, 6.45) is 7.14. The van der Waals surface area contributed by atoms with Crippen LogP contribution in [0.3, 0.4) is 0 Å². The summed E-state index contributed by atoms with van der Waals surface area (Å²) >= 11 is 0. The molecule has 0 aromatic rings. The van der Waals surface area contributed by atoms with Gasteiger partial charge in [-0.15, -0.1) is 0 Å². The summed E-state index contributed by atoms with van der Waals surface area (Å²) in [5.74, 6) is 0.589. The lowest BCUT2D eigenvalue weighted by atomic mass is 9.76. The summed E-state index contributed by atoms with van der Waals surface area (Å²) < 4.78 is 0. The molecule has 5 heteroatoms. The number of hydrogen-bond acceptors (Lipinski definition) is 3. The maximum absolute atomic E-state index is 12.0. The monoisotopic (exact) mass is 298 g/mol. The zero-order valence-corrected chi connectivity index (χ0v) is 13.4. The van der Waals surface area contributed by atoms with Crippen LogP contribution in [0.15, 0.2) is 0 Å². The Labute approximate surface area is 127 Å². The fourth-order valence-corrected chi connectivity index (χ4v) is 3.17. The average Bonchev–Trinajstić information content (AvgIpc) is 2.42. The third kappa shape index (κ3) is 6.93. The second-order valence-corrected chi connectivity index (χ2v) is 6.48. The van der Waals surface area contributed by atoms with Crippen molar-refractivity contribution in [2.24, 2.45) is 5.92 Å². The third-order valence-corrected chi connectivity index (χ3v) is 4.25. The number of carbonyl (C=O) groups is 2. The molecule has 0 aromatic carbocycles. The smallest absolute Gasteiger partial charge is 0.220 e. The second kappa shape index (κ2) is 9.03. The van der Waals surface area contributed by atoms with Crippen LogP contribution in [-0.4, -0.2) is 35.6 Å². The molecular weight excluding hydrogens is 268 g/mol. The van der Waals surface area contributed by atoms with E-state index in [1.54, 1.807) is 0 Å². The Bertz CT molecular complexity index is 346. The van der Waals surface area contributed by atoms with Crippen LogP contribution in [0.1, 0.15) is 65.2 Å². The van der Waals surface area contributed by atoms with Crippen LogP contribution in [-0.2, 0) is 9.59 Å². The summed E-state index contributed by atoms with van der Waals surface area (Å²) in [7, 11) is 0. The lowest BCUT2D eigenvalue weighted by Gasteiger charge is -2.39. The van der Waals surface area contributed by atoms with Crippen molar-refractivity contribution >= 4 is 11.8 Å². The van der Waals surface area contributed by atoms with Gasteiger partial charge in [0.2, 0.25) is 11.8 Å². The van der Waals surface area contributed by atoms with Crippen LogP contribution in [0.25, 0.3) is 0 Å². The van der Waals surface area contributed by atoms with Gasteiger partial charge < -0.3 is 15.7 Å². The average molecular weight is 298 g/mol. The molecular formula is C16H30N2O3. The van der Waals surface area contributed by atoms with Crippen molar-refractivity contribution in [2.45, 2.75) is 70.8 Å². The molecule has 0 bridgehead atoms. The summed E-state index contributed by atoms with van der Waals surface area (Å²) in [6, 6.07) is 0. The molecule has 0 aliphatic heterocycles. The first kappa shape index (κ1) is 18.0. The van der Waals surface area contributed by atoms with E-state index in [9.17, 15) is 14.7 Å². The molecule has 1 aliphatic carbocycles.